The number of hydrazine groups is 1. The number of carbonyl (C=O) groups excluding carboxylic acids is 2. The van der Waals surface area contributed by atoms with Gasteiger partial charge in [0.2, 0.25) is 0 Å². The van der Waals surface area contributed by atoms with Crippen LogP contribution < -0.4 is 15.6 Å². The molecular formula is C18H19BrN2O3. The van der Waals surface area contributed by atoms with Crippen LogP contribution in [0.4, 0.5) is 0 Å². The summed E-state index contributed by atoms with van der Waals surface area (Å²) in [6, 6.07) is 12.0. The van der Waals surface area contributed by atoms with Gasteiger partial charge in [-0.05, 0) is 49.2 Å². The van der Waals surface area contributed by atoms with Crippen LogP contribution in [0, 0.1) is 6.92 Å². The van der Waals surface area contributed by atoms with Gasteiger partial charge in [0.25, 0.3) is 11.8 Å². The summed E-state index contributed by atoms with van der Waals surface area (Å²) < 4.78 is 6.33. The Balaban J connectivity index is 1.97. The quantitative estimate of drug-likeness (QED) is 0.766. The summed E-state index contributed by atoms with van der Waals surface area (Å²) in [6.07, 6.45) is 0.887. The van der Waals surface area contributed by atoms with Crippen molar-refractivity contribution in [1.82, 2.24) is 10.9 Å². The highest BCUT2D eigenvalue weighted by Gasteiger charge is 2.10. The first-order valence-corrected chi connectivity index (χ1v) is 8.40. The molecular weight excluding hydrogens is 372 g/mol. The Morgan fingerprint density at radius 1 is 1.04 bits per heavy atom. The molecule has 0 bridgehead atoms. The molecule has 0 aromatic heterocycles. The largest absolute Gasteiger partial charge is 0.494 e. The molecule has 2 aromatic carbocycles. The number of amides is 2. The third-order valence-corrected chi connectivity index (χ3v) is 4.15. The number of halogens is 1. The third-order valence-electron chi connectivity index (χ3n) is 3.29. The third kappa shape index (κ3) is 4.83. The minimum atomic E-state index is -0.406. The van der Waals surface area contributed by atoms with E-state index < -0.39 is 5.91 Å². The second kappa shape index (κ2) is 8.49. The molecule has 0 heterocycles. The van der Waals surface area contributed by atoms with Gasteiger partial charge in [0, 0.05) is 15.6 Å². The lowest BCUT2D eigenvalue weighted by atomic mass is 10.1. The van der Waals surface area contributed by atoms with Crippen molar-refractivity contribution in [2.24, 2.45) is 0 Å². The molecule has 5 nitrogen and oxygen atoms in total. The molecule has 0 fully saturated rings. The van der Waals surface area contributed by atoms with E-state index in [2.05, 4.69) is 26.8 Å². The average molecular weight is 391 g/mol. The minimum Gasteiger partial charge on any atom is -0.494 e. The molecule has 0 radical (unpaired) electrons. The maximum Gasteiger partial charge on any atom is 0.269 e. The number of benzene rings is 2. The van der Waals surface area contributed by atoms with Gasteiger partial charge in [0.05, 0.1) is 6.61 Å². The molecule has 126 valence electrons. The summed E-state index contributed by atoms with van der Waals surface area (Å²) in [6.45, 7) is 4.53. The minimum absolute atomic E-state index is 0.387. The number of rotatable bonds is 5. The van der Waals surface area contributed by atoms with E-state index in [-0.39, 0.29) is 5.91 Å². The van der Waals surface area contributed by atoms with E-state index in [9.17, 15) is 9.59 Å². The summed E-state index contributed by atoms with van der Waals surface area (Å²) in [7, 11) is 0. The lowest BCUT2D eigenvalue weighted by Crippen LogP contribution is -2.41. The zero-order chi connectivity index (χ0) is 17.5. The fourth-order valence-electron chi connectivity index (χ4n) is 1.94. The summed E-state index contributed by atoms with van der Waals surface area (Å²) >= 11 is 3.38. The molecule has 0 unspecified atom stereocenters. The molecule has 2 rings (SSSR count). The van der Waals surface area contributed by atoms with Crippen molar-refractivity contribution < 1.29 is 14.3 Å². The van der Waals surface area contributed by atoms with Crippen molar-refractivity contribution in [1.29, 1.82) is 0 Å². The van der Waals surface area contributed by atoms with Crippen molar-refractivity contribution in [3.8, 4) is 5.75 Å². The lowest BCUT2D eigenvalue weighted by molar-refractivity contribution is 0.0846. The second-order valence-electron chi connectivity index (χ2n) is 5.25. The van der Waals surface area contributed by atoms with Gasteiger partial charge >= 0.3 is 0 Å². The molecule has 2 amide bonds. The topological polar surface area (TPSA) is 67.4 Å². The summed E-state index contributed by atoms with van der Waals surface area (Å²) in [5.74, 6) is -0.169. The monoisotopic (exact) mass is 390 g/mol. The number of hydrogen-bond acceptors (Lipinski definition) is 3. The van der Waals surface area contributed by atoms with E-state index in [0.29, 0.717) is 23.5 Å². The Morgan fingerprint density at radius 3 is 2.33 bits per heavy atom. The fraction of sp³-hybridized carbons (Fsp3) is 0.222. The highest BCUT2D eigenvalue weighted by atomic mass is 79.9. The first-order chi connectivity index (χ1) is 11.5. The molecule has 2 N–H and O–H groups in total. The predicted molar refractivity (Wildman–Crippen MR) is 96.0 cm³/mol. The van der Waals surface area contributed by atoms with Gasteiger partial charge in [-0.1, -0.05) is 35.0 Å². The van der Waals surface area contributed by atoms with Gasteiger partial charge in [0.1, 0.15) is 5.75 Å². The highest BCUT2D eigenvalue weighted by molar-refractivity contribution is 9.10. The smallest absolute Gasteiger partial charge is 0.269 e. The van der Waals surface area contributed by atoms with Gasteiger partial charge in [-0.3, -0.25) is 20.4 Å². The summed E-state index contributed by atoms with van der Waals surface area (Å²) in [5, 5.41) is 0. The standard InChI is InChI=1S/C18H19BrN2O3/c1-3-9-24-15-6-4-5-13(10-15)17(22)20-21-18(23)14-8-7-12(2)16(19)11-14/h4-8,10-11H,3,9H2,1-2H3,(H,20,22)(H,21,23). The Labute approximate surface area is 149 Å². The summed E-state index contributed by atoms with van der Waals surface area (Å²) in [4.78, 5) is 24.2. The molecule has 0 aliphatic rings. The normalized spacial score (nSPS) is 10.1. The first-order valence-electron chi connectivity index (χ1n) is 7.61. The van der Waals surface area contributed by atoms with E-state index in [1.54, 1.807) is 36.4 Å². The van der Waals surface area contributed by atoms with Crippen LogP contribution in [0.2, 0.25) is 0 Å². The molecule has 6 heteroatoms. The maximum atomic E-state index is 12.1. The number of ether oxygens (including phenoxy) is 1. The predicted octanol–water partition coefficient (Wildman–Crippen LogP) is 3.62. The average Bonchev–Trinajstić information content (AvgIpc) is 2.60. The van der Waals surface area contributed by atoms with Crippen molar-refractivity contribution >= 4 is 27.7 Å². The molecule has 0 atom stereocenters. The molecule has 0 spiro atoms. The van der Waals surface area contributed by atoms with E-state index in [0.717, 1.165) is 16.5 Å². The second-order valence-corrected chi connectivity index (χ2v) is 6.10. The zero-order valence-electron chi connectivity index (χ0n) is 13.6. The SMILES string of the molecule is CCCOc1cccc(C(=O)NNC(=O)c2ccc(C)c(Br)c2)c1. The van der Waals surface area contributed by atoms with Crippen molar-refractivity contribution in [3.05, 3.63) is 63.6 Å². The van der Waals surface area contributed by atoms with Crippen LogP contribution in [0.1, 0.15) is 39.6 Å². The van der Waals surface area contributed by atoms with Crippen molar-refractivity contribution in [3.63, 3.8) is 0 Å². The van der Waals surface area contributed by atoms with Crippen molar-refractivity contribution in [2.45, 2.75) is 20.3 Å². The Hall–Kier alpha value is -2.34. The summed E-state index contributed by atoms with van der Waals surface area (Å²) in [5.41, 5.74) is 6.70. The lowest BCUT2D eigenvalue weighted by Gasteiger charge is -2.10. The molecule has 0 aliphatic heterocycles. The van der Waals surface area contributed by atoms with Crippen LogP contribution in [0.15, 0.2) is 46.9 Å². The van der Waals surface area contributed by atoms with Gasteiger partial charge in [0.15, 0.2) is 0 Å². The van der Waals surface area contributed by atoms with Gasteiger partial charge in [-0.2, -0.15) is 0 Å². The van der Waals surface area contributed by atoms with Gasteiger partial charge < -0.3 is 4.74 Å². The fourth-order valence-corrected chi connectivity index (χ4v) is 2.32. The maximum absolute atomic E-state index is 12.1. The molecule has 0 saturated carbocycles. The Morgan fingerprint density at radius 2 is 1.71 bits per heavy atom. The molecule has 24 heavy (non-hydrogen) atoms. The first kappa shape index (κ1) is 18.0. The Bertz CT molecular complexity index is 747. The number of aryl methyl sites for hydroxylation is 1. The van der Waals surface area contributed by atoms with Crippen LogP contribution in [0.25, 0.3) is 0 Å². The molecule has 2 aromatic rings. The molecule has 0 saturated heterocycles. The highest BCUT2D eigenvalue weighted by Crippen LogP contribution is 2.17. The van der Waals surface area contributed by atoms with E-state index in [4.69, 9.17) is 4.74 Å². The van der Waals surface area contributed by atoms with Crippen LogP contribution in [0.3, 0.4) is 0 Å². The van der Waals surface area contributed by atoms with E-state index in [1.165, 1.54) is 0 Å². The van der Waals surface area contributed by atoms with Gasteiger partial charge in [-0.25, -0.2) is 0 Å². The number of carbonyl (C=O) groups is 2. The van der Waals surface area contributed by atoms with Gasteiger partial charge in [-0.15, -0.1) is 0 Å². The Kier molecular flexibility index (Phi) is 6.37. The van der Waals surface area contributed by atoms with Crippen LogP contribution in [0.5, 0.6) is 5.75 Å². The van der Waals surface area contributed by atoms with E-state index in [1.807, 2.05) is 19.9 Å². The molecule has 0 aliphatic carbocycles. The van der Waals surface area contributed by atoms with E-state index >= 15 is 0 Å². The number of hydrogen-bond donors (Lipinski definition) is 2. The zero-order valence-corrected chi connectivity index (χ0v) is 15.1. The van der Waals surface area contributed by atoms with Crippen LogP contribution in [-0.4, -0.2) is 18.4 Å². The van der Waals surface area contributed by atoms with Crippen LogP contribution in [-0.2, 0) is 0 Å². The van der Waals surface area contributed by atoms with Crippen molar-refractivity contribution in [2.75, 3.05) is 6.61 Å². The van der Waals surface area contributed by atoms with Crippen LogP contribution >= 0.6 is 15.9 Å². The number of nitrogens with one attached hydrogen (secondary N) is 2.